The highest BCUT2D eigenvalue weighted by molar-refractivity contribution is 5.94. The van der Waals surface area contributed by atoms with E-state index in [1.165, 1.54) is 0 Å². The van der Waals surface area contributed by atoms with Crippen molar-refractivity contribution in [2.45, 2.75) is 38.3 Å². The van der Waals surface area contributed by atoms with Crippen molar-refractivity contribution in [1.82, 2.24) is 9.88 Å². The van der Waals surface area contributed by atoms with Gasteiger partial charge < -0.3 is 10.0 Å². The molecule has 0 radical (unpaired) electrons. The van der Waals surface area contributed by atoms with Crippen molar-refractivity contribution in [3.63, 3.8) is 0 Å². The second-order valence-corrected chi connectivity index (χ2v) is 6.15. The van der Waals surface area contributed by atoms with Crippen LogP contribution in [-0.4, -0.2) is 33.5 Å². The van der Waals surface area contributed by atoms with E-state index < -0.39 is 6.10 Å². The molecule has 1 aliphatic rings. The highest BCUT2D eigenvalue weighted by Gasteiger charge is 2.31. The van der Waals surface area contributed by atoms with E-state index in [1.54, 1.807) is 6.20 Å². The number of aryl methyl sites for hydroxylation is 1. The SMILES string of the molecule is Cc1ccc(C(=O)N2CCC[C@H]2C[C@@H](O)c2ccccc2)cn1. The molecule has 4 nitrogen and oxygen atoms in total. The topological polar surface area (TPSA) is 53.4 Å². The highest BCUT2D eigenvalue weighted by atomic mass is 16.3. The number of carbonyl (C=O) groups is 1. The summed E-state index contributed by atoms with van der Waals surface area (Å²) in [5.41, 5.74) is 2.43. The van der Waals surface area contributed by atoms with Crippen LogP contribution in [0.25, 0.3) is 0 Å². The van der Waals surface area contributed by atoms with Gasteiger partial charge in [-0.3, -0.25) is 9.78 Å². The van der Waals surface area contributed by atoms with Crippen LogP contribution >= 0.6 is 0 Å². The number of rotatable bonds is 4. The van der Waals surface area contributed by atoms with Crippen LogP contribution in [0.4, 0.5) is 0 Å². The van der Waals surface area contributed by atoms with E-state index in [-0.39, 0.29) is 11.9 Å². The summed E-state index contributed by atoms with van der Waals surface area (Å²) in [6.45, 7) is 2.65. The van der Waals surface area contributed by atoms with Gasteiger partial charge in [0.1, 0.15) is 0 Å². The summed E-state index contributed by atoms with van der Waals surface area (Å²) in [5.74, 6) is 0.0141. The van der Waals surface area contributed by atoms with E-state index in [2.05, 4.69) is 4.98 Å². The number of pyridine rings is 1. The third-order valence-electron chi connectivity index (χ3n) is 4.48. The lowest BCUT2D eigenvalue weighted by molar-refractivity contribution is 0.0666. The Kier molecular flexibility index (Phi) is 4.72. The van der Waals surface area contributed by atoms with Crippen LogP contribution in [0.5, 0.6) is 0 Å². The Hall–Kier alpha value is -2.20. The predicted molar refractivity (Wildman–Crippen MR) is 89.1 cm³/mol. The Morgan fingerprint density at radius 2 is 2.09 bits per heavy atom. The molecule has 0 bridgehead atoms. The molecule has 0 saturated carbocycles. The lowest BCUT2D eigenvalue weighted by atomic mass is 10.0. The van der Waals surface area contributed by atoms with Crippen LogP contribution in [0.2, 0.25) is 0 Å². The average Bonchev–Trinajstić information content (AvgIpc) is 3.04. The molecule has 3 rings (SSSR count). The molecule has 4 heteroatoms. The predicted octanol–water partition coefficient (Wildman–Crippen LogP) is 3.12. The van der Waals surface area contributed by atoms with Crippen molar-refractivity contribution in [3.05, 3.63) is 65.5 Å². The van der Waals surface area contributed by atoms with Gasteiger partial charge in [0.2, 0.25) is 0 Å². The molecule has 0 spiro atoms. The lowest BCUT2D eigenvalue weighted by Gasteiger charge is -2.26. The first-order valence-electron chi connectivity index (χ1n) is 8.12. The van der Waals surface area contributed by atoms with Crippen LogP contribution in [0, 0.1) is 6.92 Å². The number of hydrogen-bond donors (Lipinski definition) is 1. The number of hydrogen-bond acceptors (Lipinski definition) is 3. The fraction of sp³-hybridized carbons (Fsp3) is 0.368. The Balaban J connectivity index is 1.70. The van der Waals surface area contributed by atoms with E-state index in [1.807, 2.05) is 54.3 Å². The zero-order valence-corrected chi connectivity index (χ0v) is 13.4. The molecular formula is C19H22N2O2. The zero-order valence-electron chi connectivity index (χ0n) is 13.4. The summed E-state index contributed by atoms with van der Waals surface area (Å²) in [5, 5.41) is 10.4. The van der Waals surface area contributed by atoms with Crippen LogP contribution in [-0.2, 0) is 0 Å². The number of amides is 1. The summed E-state index contributed by atoms with van der Waals surface area (Å²) < 4.78 is 0. The molecule has 23 heavy (non-hydrogen) atoms. The number of aliphatic hydroxyl groups excluding tert-OH is 1. The molecule has 1 amide bonds. The van der Waals surface area contributed by atoms with E-state index in [4.69, 9.17) is 0 Å². The van der Waals surface area contributed by atoms with Gasteiger partial charge in [-0.1, -0.05) is 30.3 Å². The Labute approximate surface area is 136 Å². The van der Waals surface area contributed by atoms with Gasteiger partial charge in [-0.2, -0.15) is 0 Å². The fourth-order valence-corrected chi connectivity index (χ4v) is 3.18. The summed E-state index contributed by atoms with van der Waals surface area (Å²) >= 11 is 0. The molecule has 120 valence electrons. The molecule has 1 fully saturated rings. The second kappa shape index (κ2) is 6.92. The largest absolute Gasteiger partial charge is 0.388 e. The van der Waals surface area contributed by atoms with Gasteiger partial charge in [-0.15, -0.1) is 0 Å². The minimum atomic E-state index is -0.536. The summed E-state index contributed by atoms with van der Waals surface area (Å²) in [7, 11) is 0. The van der Waals surface area contributed by atoms with Gasteiger partial charge in [0.15, 0.2) is 0 Å². The van der Waals surface area contributed by atoms with Crippen molar-refractivity contribution in [3.8, 4) is 0 Å². The van der Waals surface area contributed by atoms with Crippen molar-refractivity contribution >= 4 is 5.91 Å². The third kappa shape index (κ3) is 3.59. The molecular weight excluding hydrogens is 288 g/mol. The fourth-order valence-electron chi connectivity index (χ4n) is 3.18. The monoisotopic (exact) mass is 310 g/mol. The number of likely N-dealkylation sites (tertiary alicyclic amines) is 1. The maximum Gasteiger partial charge on any atom is 0.255 e. The number of carbonyl (C=O) groups excluding carboxylic acids is 1. The van der Waals surface area contributed by atoms with Crippen molar-refractivity contribution in [1.29, 1.82) is 0 Å². The van der Waals surface area contributed by atoms with Gasteiger partial charge in [0, 0.05) is 24.5 Å². The average molecular weight is 310 g/mol. The maximum atomic E-state index is 12.7. The van der Waals surface area contributed by atoms with Gasteiger partial charge in [0.05, 0.1) is 11.7 Å². The lowest BCUT2D eigenvalue weighted by Crippen LogP contribution is -2.36. The quantitative estimate of drug-likeness (QED) is 0.944. The van der Waals surface area contributed by atoms with Crippen molar-refractivity contribution < 1.29 is 9.90 Å². The minimum Gasteiger partial charge on any atom is -0.388 e. The van der Waals surface area contributed by atoms with E-state index >= 15 is 0 Å². The minimum absolute atomic E-state index is 0.0141. The number of nitrogens with zero attached hydrogens (tertiary/aromatic N) is 2. The van der Waals surface area contributed by atoms with Crippen LogP contribution in [0.15, 0.2) is 48.7 Å². The zero-order chi connectivity index (χ0) is 16.2. The van der Waals surface area contributed by atoms with E-state index in [0.717, 1.165) is 30.6 Å². The van der Waals surface area contributed by atoms with Crippen molar-refractivity contribution in [2.24, 2.45) is 0 Å². The molecule has 1 saturated heterocycles. The maximum absolute atomic E-state index is 12.7. The molecule has 1 aliphatic heterocycles. The summed E-state index contributed by atoms with van der Waals surface area (Å²) in [6.07, 6.45) is 3.60. The number of aromatic nitrogens is 1. The molecule has 1 aromatic carbocycles. The third-order valence-corrected chi connectivity index (χ3v) is 4.48. The number of aliphatic hydroxyl groups is 1. The molecule has 0 unspecified atom stereocenters. The molecule has 2 heterocycles. The Bertz CT molecular complexity index is 655. The highest BCUT2D eigenvalue weighted by Crippen LogP contribution is 2.28. The van der Waals surface area contributed by atoms with Crippen LogP contribution in [0.1, 0.15) is 47.0 Å². The molecule has 1 aromatic heterocycles. The summed E-state index contributed by atoms with van der Waals surface area (Å²) in [6, 6.07) is 13.4. The first-order valence-corrected chi connectivity index (χ1v) is 8.12. The Morgan fingerprint density at radius 3 is 2.78 bits per heavy atom. The van der Waals surface area contributed by atoms with Crippen molar-refractivity contribution in [2.75, 3.05) is 6.54 Å². The first kappa shape index (κ1) is 15.7. The Morgan fingerprint density at radius 1 is 1.30 bits per heavy atom. The molecule has 2 atom stereocenters. The van der Waals surface area contributed by atoms with E-state index in [0.29, 0.717) is 12.0 Å². The second-order valence-electron chi connectivity index (χ2n) is 6.15. The van der Waals surface area contributed by atoms with E-state index in [9.17, 15) is 9.90 Å². The van der Waals surface area contributed by atoms with Crippen LogP contribution in [0.3, 0.4) is 0 Å². The van der Waals surface area contributed by atoms with Gasteiger partial charge in [-0.05, 0) is 43.9 Å². The first-order chi connectivity index (χ1) is 11.1. The standard InChI is InChI=1S/C19H22N2O2/c1-14-9-10-16(13-20-14)19(23)21-11-5-8-17(21)12-18(22)15-6-3-2-4-7-15/h2-4,6-7,9-10,13,17-18,22H,5,8,11-12H2,1H3/t17-,18+/m0/s1. The van der Waals surface area contributed by atoms with Crippen LogP contribution < -0.4 is 0 Å². The van der Waals surface area contributed by atoms with Gasteiger partial charge in [0.25, 0.3) is 5.91 Å². The molecule has 1 N–H and O–H groups in total. The van der Waals surface area contributed by atoms with Gasteiger partial charge >= 0.3 is 0 Å². The number of benzene rings is 1. The molecule has 0 aliphatic carbocycles. The van der Waals surface area contributed by atoms with Gasteiger partial charge in [-0.25, -0.2) is 0 Å². The molecule has 2 aromatic rings. The summed E-state index contributed by atoms with van der Waals surface area (Å²) in [4.78, 5) is 18.8. The smallest absolute Gasteiger partial charge is 0.255 e. The normalized spacial score (nSPS) is 18.9.